The topological polar surface area (TPSA) is 37.3 Å². The smallest absolute Gasteiger partial charge is 0.335 e. The number of rotatable bonds is 2. The lowest BCUT2D eigenvalue weighted by Gasteiger charge is -2.30. The van der Waals surface area contributed by atoms with Gasteiger partial charge in [-0.3, -0.25) is 0 Å². The summed E-state index contributed by atoms with van der Waals surface area (Å²) in [5.74, 6) is -4.26. The number of benzene rings is 1. The summed E-state index contributed by atoms with van der Waals surface area (Å²) in [7, 11) is 0. The van der Waals surface area contributed by atoms with E-state index in [1.807, 2.05) is 0 Å². The van der Waals surface area contributed by atoms with Crippen molar-refractivity contribution < 1.29 is 18.7 Å². The average Bonchev–Trinajstić information content (AvgIpc) is 2.16. The number of halogens is 2. The molecule has 1 N–H and O–H groups in total. The monoisotopic (exact) mass is 228 g/mol. The third-order valence-corrected chi connectivity index (χ3v) is 2.41. The molecule has 0 amide bonds. The predicted octanol–water partition coefficient (Wildman–Crippen LogP) is 3.52. The second-order valence-corrected chi connectivity index (χ2v) is 4.71. The van der Waals surface area contributed by atoms with Gasteiger partial charge in [0.2, 0.25) is 0 Å². The van der Waals surface area contributed by atoms with Crippen LogP contribution in [0.15, 0.2) is 24.3 Å². The molecule has 16 heavy (non-hydrogen) atoms. The van der Waals surface area contributed by atoms with Crippen molar-refractivity contribution in [2.75, 3.05) is 0 Å². The van der Waals surface area contributed by atoms with Gasteiger partial charge in [-0.15, -0.1) is 0 Å². The maximum absolute atomic E-state index is 13.9. The second kappa shape index (κ2) is 3.85. The molecular weight excluding hydrogens is 214 g/mol. The summed E-state index contributed by atoms with van der Waals surface area (Å²) >= 11 is 0. The van der Waals surface area contributed by atoms with Crippen LogP contribution in [0.1, 0.15) is 36.7 Å². The van der Waals surface area contributed by atoms with Crippen LogP contribution < -0.4 is 0 Å². The van der Waals surface area contributed by atoms with Gasteiger partial charge in [-0.25, -0.2) is 13.6 Å². The molecule has 4 heteroatoms. The molecular formula is C12H14F2O2. The zero-order valence-corrected chi connectivity index (χ0v) is 9.42. The van der Waals surface area contributed by atoms with E-state index >= 15 is 0 Å². The molecule has 0 spiro atoms. The number of hydrogen-bond acceptors (Lipinski definition) is 1. The number of carboxylic acid groups (broad SMARTS) is 1. The SMILES string of the molecule is CC(C)(C)C(F)(F)c1cccc(C(=O)O)c1. The van der Waals surface area contributed by atoms with Crippen molar-refractivity contribution in [3.63, 3.8) is 0 Å². The van der Waals surface area contributed by atoms with Gasteiger partial charge >= 0.3 is 5.97 Å². The zero-order chi connectivity index (χ0) is 12.6. The van der Waals surface area contributed by atoms with E-state index in [4.69, 9.17) is 5.11 Å². The van der Waals surface area contributed by atoms with Crippen molar-refractivity contribution in [3.05, 3.63) is 35.4 Å². The van der Waals surface area contributed by atoms with Crippen LogP contribution >= 0.6 is 0 Å². The first-order valence-corrected chi connectivity index (χ1v) is 4.88. The Morgan fingerprint density at radius 3 is 2.25 bits per heavy atom. The molecule has 0 aliphatic heterocycles. The third-order valence-electron chi connectivity index (χ3n) is 2.41. The van der Waals surface area contributed by atoms with Crippen LogP contribution in [0.4, 0.5) is 8.78 Å². The minimum Gasteiger partial charge on any atom is -0.478 e. The summed E-state index contributed by atoms with van der Waals surface area (Å²) < 4.78 is 27.8. The van der Waals surface area contributed by atoms with Crippen molar-refractivity contribution in [2.24, 2.45) is 5.41 Å². The summed E-state index contributed by atoms with van der Waals surface area (Å²) in [5.41, 5.74) is -1.63. The van der Waals surface area contributed by atoms with Crippen molar-refractivity contribution in [2.45, 2.75) is 26.7 Å². The van der Waals surface area contributed by atoms with E-state index in [0.717, 1.165) is 6.07 Å². The lowest BCUT2D eigenvalue weighted by atomic mass is 9.83. The first-order valence-electron chi connectivity index (χ1n) is 4.88. The quantitative estimate of drug-likeness (QED) is 0.840. The fourth-order valence-corrected chi connectivity index (χ4v) is 1.28. The van der Waals surface area contributed by atoms with E-state index in [0.29, 0.717) is 0 Å². The molecule has 1 rings (SSSR count). The second-order valence-electron chi connectivity index (χ2n) is 4.71. The molecule has 88 valence electrons. The third kappa shape index (κ3) is 2.21. The number of carboxylic acids is 1. The van der Waals surface area contributed by atoms with Gasteiger partial charge in [0, 0.05) is 11.0 Å². The lowest BCUT2D eigenvalue weighted by molar-refractivity contribution is -0.104. The van der Waals surface area contributed by atoms with Crippen LogP contribution in [0, 0.1) is 5.41 Å². The fraction of sp³-hybridized carbons (Fsp3) is 0.417. The Balaban J connectivity index is 3.24. The van der Waals surface area contributed by atoms with E-state index < -0.39 is 17.3 Å². The van der Waals surface area contributed by atoms with Crippen LogP contribution in [-0.4, -0.2) is 11.1 Å². The molecule has 0 heterocycles. The van der Waals surface area contributed by atoms with E-state index in [-0.39, 0.29) is 11.1 Å². The Labute approximate surface area is 92.9 Å². The highest BCUT2D eigenvalue weighted by Crippen LogP contribution is 2.44. The van der Waals surface area contributed by atoms with Crippen molar-refractivity contribution in [1.29, 1.82) is 0 Å². The minimum atomic E-state index is -3.06. The van der Waals surface area contributed by atoms with Gasteiger partial charge < -0.3 is 5.11 Å². The summed E-state index contributed by atoms with van der Waals surface area (Å²) in [6.45, 7) is 4.25. The number of alkyl halides is 2. The molecule has 0 atom stereocenters. The Kier molecular flexibility index (Phi) is 3.03. The Morgan fingerprint density at radius 2 is 1.81 bits per heavy atom. The number of carbonyl (C=O) groups is 1. The van der Waals surface area contributed by atoms with Gasteiger partial charge in [-0.05, 0) is 12.1 Å². The maximum atomic E-state index is 13.9. The molecule has 2 nitrogen and oxygen atoms in total. The van der Waals surface area contributed by atoms with Crippen molar-refractivity contribution in [3.8, 4) is 0 Å². The fourth-order valence-electron chi connectivity index (χ4n) is 1.28. The van der Waals surface area contributed by atoms with Crippen LogP contribution in [-0.2, 0) is 5.92 Å². The van der Waals surface area contributed by atoms with E-state index in [1.54, 1.807) is 0 Å². The number of aromatic carboxylic acids is 1. The van der Waals surface area contributed by atoms with Gasteiger partial charge in [0.15, 0.2) is 0 Å². The Hall–Kier alpha value is -1.45. The molecule has 0 fully saturated rings. The van der Waals surface area contributed by atoms with E-state index in [1.165, 1.54) is 39.0 Å². The van der Waals surface area contributed by atoms with Gasteiger partial charge in [0.05, 0.1) is 5.56 Å². The first kappa shape index (κ1) is 12.6. The minimum absolute atomic E-state index is 0.124. The summed E-state index contributed by atoms with van der Waals surface area (Å²) in [6.07, 6.45) is 0. The molecule has 0 bridgehead atoms. The Morgan fingerprint density at radius 1 is 1.25 bits per heavy atom. The van der Waals surface area contributed by atoms with E-state index in [2.05, 4.69) is 0 Å². The van der Waals surface area contributed by atoms with Crippen LogP contribution in [0.2, 0.25) is 0 Å². The van der Waals surface area contributed by atoms with Gasteiger partial charge in [-0.1, -0.05) is 32.9 Å². The Bertz CT molecular complexity index is 406. The normalized spacial score (nSPS) is 12.6. The molecule has 1 aromatic carbocycles. The van der Waals surface area contributed by atoms with Crippen LogP contribution in [0.5, 0.6) is 0 Å². The molecule has 0 saturated heterocycles. The highest BCUT2D eigenvalue weighted by Gasteiger charge is 2.44. The summed E-state index contributed by atoms with van der Waals surface area (Å²) in [5, 5.41) is 8.73. The lowest BCUT2D eigenvalue weighted by Crippen LogP contribution is -2.31. The highest BCUT2D eigenvalue weighted by atomic mass is 19.3. The molecule has 0 unspecified atom stereocenters. The van der Waals surface area contributed by atoms with E-state index in [9.17, 15) is 13.6 Å². The molecule has 1 aromatic rings. The first-order chi connectivity index (χ1) is 7.16. The van der Waals surface area contributed by atoms with Crippen molar-refractivity contribution in [1.82, 2.24) is 0 Å². The predicted molar refractivity (Wildman–Crippen MR) is 56.8 cm³/mol. The maximum Gasteiger partial charge on any atom is 0.335 e. The molecule has 0 radical (unpaired) electrons. The summed E-state index contributed by atoms with van der Waals surface area (Å²) in [4.78, 5) is 10.7. The number of hydrogen-bond donors (Lipinski definition) is 1. The summed E-state index contributed by atoms with van der Waals surface area (Å²) in [6, 6.07) is 4.90. The van der Waals surface area contributed by atoms with Gasteiger partial charge in [0.25, 0.3) is 5.92 Å². The van der Waals surface area contributed by atoms with Gasteiger partial charge in [0.1, 0.15) is 0 Å². The molecule has 0 aliphatic rings. The highest BCUT2D eigenvalue weighted by molar-refractivity contribution is 5.87. The van der Waals surface area contributed by atoms with Crippen molar-refractivity contribution >= 4 is 5.97 Å². The molecule has 0 aliphatic carbocycles. The van der Waals surface area contributed by atoms with Crippen LogP contribution in [0.25, 0.3) is 0 Å². The van der Waals surface area contributed by atoms with Gasteiger partial charge in [-0.2, -0.15) is 0 Å². The standard InChI is InChI=1S/C12H14F2O2/c1-11(2,3)12(13,14)9-6-4-5-8(7-9)10(15)16/h4-7H,1-3H3,(H,15,16). The van der Waals surface area contributed by atoms with Crippen LogP contribution in [0.3, 0.4) is 0 Å². The average molecular weight is 228 g/mol. The largest absolute Gasteiger partial charge is 0.478 e. The zero-order valence-electron chi connectivity index (χ0n) is 9.42. The molecule has 0 aromatic heterocycles. The molecule has 0 saturated carbocycles.